The maximum absolute atomic E-state index is 5.29. The molecule has 0 aliphatic heterocycles. The third-order valence-corrected chi connectivity index (χ3v) is 5.92. The molecule has 1 N–H and O–H groups in total. The number of rotatable bonds is 6. The number of thioether (sulfide) groups is 1. The van der Waals surface area contributed by atoms with Crippen LogP contribution in [0, 0.1) is 6.92 Å². The van der Waals surface area contributed by atoms with Gasteiger partial charge in [-0.1, -0.05) is 46.0 Å². The van der Waals surface area contributed by atoms with E-state index in [0.29, 0.717) is 17.5 Å². The molecular weight excluding hydrogens is 374 g/mol. The first-order valence-corrected chi connectivity index (χ1v) is 10.2. The molecule has 3 aromatic heterocycles. The molecule has 6 nitrogen and oxygen atoms in total. The second-order valence-electron chi connectivity index (χ2n) is 5.18. The highest BCUT2D eigenvalue weighted by atomic mass is 32.2. The van der Waals surface area contributed by atoms with Crippen LogP contribution in [0.3, 0.4) is 0 Å². The molecule has 25 heavy (non-hydrogen) atoms. The van der Waals surface area contributed by atoms with E-state index in [9.17, 15) is 0 Å². The highest BCUT2D eigenvalue weighted by molar-refractivity contribution is 8.00. The van der Waals surface area contributed by atoms with Gasteiger partial charge < -0.3 is 9.84 Å². The van der Waals surface area contributed by atoms with E-state index in [1.807, 2.05) is 29.0 Å². The van der Waals surface area contributed by atoms with Crippen molar-refractivity contribution >= 4 is 45.3 Å². The molecule has 4 rings (SSSR count). The molecule has 0 amide bonds. The summed E-state index contributed by atoms with van der Waals surface area (Å²) in [4.78, 5) is 4.40. The smallest absolute Gasteiger partial charge is 0.237 e. The third-order valence-electron chi connectivity index (χ3n) is 3.28. The highest BCUT2D eigenvalue weighted by Crippen LogP contribution is 2.30. The van der Waals surface area contributed by atoms with E-state index in [4.69, 9.17) is 4.52 Å². The number of thiophene rings is 1. The van der Waals surface area contributed by atoms with Gasteiger partial charge in [-0.25, -0.2) is 0 Å². The maximum Gasteiger partial charge on any atom is 0.237 e. The van der Waals surface area contributed by atoms with Gasteiger partial charge in [-0.15, -0.1) is 10.2 Å². The Balaban J connectivity index is 1.36. The van der Waals surface area contributed by atoms with Crippen LogP contribution in [0.15, 0.2) is 50.0 Å². The van der Waals surface area contributed by atoms with Gasteiger partial charge in [0.15, 0.2) is 4.34 Å². The minimum atomic E-state index is 0.566. The van der Waals surface area contributed by atoms with Crippen molar-refractivity contribution in [3.63, 3.8) is 0 Å². The van der Waals surface area contributed by atoms with Gasteiger partial charge in [-0.2, -0.15) is 16.3 Å². The van der Waals surface area contributed by atoms with Crippen molar-refractivity contribution in [2.75, 3.05) is 5.32 Å². The van der Waals surface area contributed by atoms with Crippen molar-refractivity contribution in [2.24, 2.45) is 0 Å². The normalized spacial score (nSPS) is 10.9. The Morgan fingerprint density at radius 2 is 2.04 bits per heavy atom. The van der Waals surface area contributed by atoms with Gasteiger partial charge in [0.25, 0.3) is 0 Å². The van der Waals surface area contributed by atoms with Crippen LogP contribution in [-0.2, 0) is 5.75 Å². The van der Waals surface area contributed by atoms with E-state index in [1.165, 1.54) is 28.7 Å². The van der Waals surface area contributed by atoms with Gasteiger partial charge in [0, 0.05) is 16.6 Å². The zero-order valence-corrected chi connectivity index (χ0v) is 15.6. The standard InChI is InChI=1S/C16H13N5OS3/c1-10-2-4-12(5-3-10)17-15-19-20-16(25-15)24-9-13-18-14(21-22-13)11-6-7-23-8-11/h2-8H,9H2,1H3,(H,17,19). The number of aromatic nitrogens is 4. The van der Waals surface area contributed by atoms with Crippen molar-refractivity contribution in [2.45, 2.75) is 17.0 Å². The highest BCUT2D eigenvalue weighted by Gasteiger charge is 2.11. The topological polar surface area (TPSA) is 76.7 Å². The van der Waals surface area contributed by atoms with E-state index < -0.39 is 0 Å². The summed E-state index contributed by atoms with van der Waals surface area (Å²) in [6, 6.07) is 10.1. The number of hydrogen-bond acceptors (Lipinski definition) is 9. The second-order valence-corrected chi connectivity index (χ2v) is 8.16. The van der Waals surface area contributed by atoms with E-state index in [-0.39, 0.29) is 0 Å². The molecule has 9 heteroatoms. The average Bonchev–Trinajstić information content (AvgIpc) is 3.36. The second kappa shape index (κ2) is 7.34. The Kier molecular flexibility index (Phi) is 4.77. The fraction of sp³-hybridized carbons (Fsp3) is 0.125. The molecule has 0 fully saturated rings. The van der Waals surface area contributed by atoms with Crippen molar-refractivity contribution < 1.29 is 4.52 Å². The van der Waals surface area contributed by atoms with Crippen LogP contribution in [-0.4, -0.2) is 20.3 Å². The number of benzene rings is 1. The molecular formula is C16H13N5OS3. The first-order chi connectivity index (χ1) is 12.3. The molecule has 0 radical (unpaired) electrons. The van der Waals surface area contributed by atoms with Crippen molar-refractivity contribution in [3.05, 3.63) is 52.5 Å². The molecule has 0 aliphatic rings. The summed E-state index contributed by atoms with van der Waals surface area (Å²) >= 11 is 4.63. The van der Waals surface area contributed by atoms with Crippen LogP contribution in [0.25, 0.3) is 11.4 Å². The lowest BCUT2D eigenvalue weighted by molar-refractivity contribution is 0.391. The van der Waals surface area contributed by atoms with Crippen LogP contribution in [0.2, 0.25) is 0 Å². The van der Waals surface area contributed by atoms with Gasteiger partial charge in [-0.05, 0) is 30.5 Å². The molecule has 126 valence electrons. The molecule has 4 aromatic rings. The molecule has 0 saturated carbocycles. The monoisotopic (exact) mass is 387 g/mol. The first kappa shape index (κ1) is 16.2. The van der Waals surface area contributed by atoms with Crippen LogP contribution < -0.4 is 5.32 Å². The Hall–Kier alpha value is -2.23. The number of anilines is 2. The van der Waals surface area contributed by atoms with Crippen LogP contribution in [0.1, 0.15) is 11.5 Å². The average molecular weight is 388 g/mol. The quantitative estimate of drug-likeness (QED) is 0.467. The predicted molar refractivity (Wildman–Crippen MR) is 102 cm³/mol. The van der Waals surface area contributed by atoms with Crippen LogP contribution in [0.4, 0.5) is 10.8 Å². The summed E-state index contributed by atoms with van der Waals surface area (Å²) in [5.74, 6) is 1.77. The predicted octanol–water partition coefficient (Wildman–Crippen LogP) is 4.99. The van der Waals surface area contributed by atoms with Gasteiger partial charge in [-0.3, -0.25) is 0 Å². The fourth-order valence-electron chi connectivity index (χ4n) is 2.02. The van der Waals surface area contributed by atoms with Gasteiger partial charge in [0.1, 0.15) is 0 Å². The van der Waals surface area contributed by atoms with Crippen molar-refractivity contribution in [1.82, 2.24) is 20.3 Å². The third kappa shape index (κ3) is 4.06. The minimum Gasteiger partial charge on any atom is -0.338 e. The Morgan fingerprint density at radius 3 is 2.84 bits per heavy atom. The lowest BCUT2D eigenvalue weighted by Crippen LogP contribution is -1.88. The largest absolute Gasteiger partial charge is 0.338 e. The zero-order chi connectivity index (χ0) is 17.1. The summed E-state index contributed by atoms with van der Waals surface area (Å²) in [7, 11) is 0. The van der Waals surface area contributed by atoms with E-state index >= 15 is 0 Å². The van der Waals surface area contributed by atoms with E-state index in [1.54, 1.807) is 11.3 Å². The van der Waals surface area contributed by atoms with Crippen molar-refractivity contribution in [3.8, 4) is 11.4 Å². The summed E-state index contributed by atoms with van der Waals surface area (Å²) in [5, 5.41) is 20.3. The van der Waals surface area contributed by atoms with Crippen molar-refractivity contribution in [1.29, 1.82) is 0 Å². The Bertz CT molecular complexity index is 946. The number of nitrogens with zero attached hydrogens (tertiary/aromatic N) is 4. The molecule has 0 bridgehead atoms. The molecule has 0 spiro atoms. The van der Waals surface area contributed by atoms with Gasteiger partial charge >= 0.3 is 0 Å². The first-order valence-electron chi connectivity index (χ1n) is 7.41. The molecule has 3 heterocycles. The summed E-state index contributed by atoms with van der Waals surface area (Å²) < 4.78 is 6.14. The molecule has 0 aliphatic carbocycles. The van der Waals surface area contributed by atoms with E-state index in [0.717, 1.165) is 20.7 Å². The molecule has 1 aromatic carbocycles. The summed E-state index contributed by atoms with van der Waals surface area (Å²) in [6.45, 7) is 2.06. The summed E-state index contributed by atoms with van der Waals surface area (Å²) in [6.07, 6.45) is 0. The minimum absolute atomic E-state index is 0.566. The molecule has 0 unspecified atom stereocenters. The Morgan fingerprint density at radius 1 is 1.16 bits per heavy atom. The molecule has 0 atom stereocenters. The Labute approximate surface area is 156 Å². The van der Waals surface area contributed by atoms with Gasteiger partial charge in [0.2, 0.25) is 16.8 Å². The lowest BCUT2D eigenvalue weighted by Gasteiger charge is -2.01. The number of nitrogens with one attached hydrogen (secondary N) is 1. The SMILES string of the molecule is Cc1ccc(Nc2nnc(SCc3nc(-c4ccsc4)no3)s2)cc1. The number of aryl methyl sites for hydroxylation is 1. The van der Waals surface area contributed by atoms with Gasteiger partial charge in [0.05, 0.1) is 5.75 Å². The van der Waals surface area contributed by atoms with Crippen LogP contribution >= 0.6 is 34.4 Å². The lowest BCUT2D eigenvalue weighted by atomic mass is 10.2. The number of hydrogen-bond donors (Lipinski definition) is 1. The fourth-order valence-corrected chi connectivity index (χ4v) is 4.27. The summed E-state index contributed by atoms with van der Waals surface area (Å²) in [5.41, 5.74) is 3.20. The maximum atomic E-state index is 5.29. The van der Waals surface area contributed by atoms with E-state index in [2.05, 4.69) is 44.7 Å². The molecule has 0 saturated heterocycles. The van der Waals surface area contributed by atoms with Crippen LogP contribution in [0.5, 0.6) is 0 Å². The zero-order valence-electron chi connectivity index (χ0n) is 13.2.